The zero-order valence-corrected chi connectivity index (χ0v) is 22.0. The number of benzene rings is 1. The predicted octanol–water partition coefficient (Wildman–Crippen LogP) is -0.524. The molecular weight excluding hydrogens is 502 g/mol. The van der Waals surface area contributed by atoms with Gasteiger partial charge in [0, 0.05) is 12.8 Å². The van der Waals surface area contributed by atoms with Crippen LogP contribution < -0.4 is 27.4 Å². The molecule has 1 aromatic carbocycles. The number of rotatable bonds is 16. The Morgan fingerprint density at radius 1 is 0.919 bits per heavy atom. The molecule has 0 fully saturated rings. The molecule has 9 N–H and O–H groups in total. The first-order valence-corrected chi connectivity index (χ1v) is 13.2. The van der Waals surface area contributed by atoms with Crippen LogP contribution in [0.25, 0.3) is 0 Å². The van der Waals surface area contributed by atoms with Crippen molar-refractivity contribution in [1.29, 1.82) is 0 Å². The normalized spacial score (nSPS) is 14.2. The van der Waals surface area contributed by atoms with Gasteiger partial charge in [0.1, 0.15) is 23.9 Å². The first-order chi connectivity index (χ1) is 17.3. The van der Waals surface area contributed by atoms with E-state index >= 15 is 0 Å². The number of aromatic hydroxyl groups is 1. The summed E-state index contributed by atoms with van der Waals surface area (Å²) in [6.45, 7) is 3.32. The molecule has 1 aromatic rings. The summed E-state index contributed by atoms with van der Waals surface area (Å²) in [4.78, 5) is 61.6. The molecule has 12 nitrogen and oxygen atoms in total. The number of phenolic OH excluding ortho intramolecular Hbond substituents is 1. The van der Waals surface area contributed by atoms with Crippen LogP contribution in [0.15, 0.2) is 24.3 Å². The Morgan fingerprint density at radius 2 is 1.51 bits per heavy atom. The van der Waals surface area contributed by atoms with Crippen molar-refractivity contribution in [1.82, 2.24) is 16.0 Å². The van der Waals surface area contributed by atoms with Crippen LogP contribution in [0.5, 0.6) is 5.75 Å². The van der Waals surface area contributed by atoms with Gasteiger partial charge in [-0.25, -0.2) is 4.79 Å². The fraction of sp³-hybridized carbons (Fsp3) is 0.542. The number of amides is 4. The zero-order chi connectivity index (χ0) is 28.1. The van der Waals surface area contributed by atoms with E-state index in [9.17, 15) is 34.2 Å². The number of carbonyl (C=O) groups excluding carboxylic acids is 4. The van der Waals surface area contributed by atoms with Crippen LogP contribution in [0, 0.1) is 5.92 Å². The molecule has 0 aliphatic heterocycles. The molecule has 1 rings (SSSR count). The van der Waals surface area contributed by atoms with Gasteiger partial charge in [0.05, 0.1) is 6.04 Å². The summed E-state index contributed by atoms with van der Waals surface area (Å²) in [7, 11) is 0. The molecule has 0 aliphatic carbocycles. The monoisotopic (exact) mass is 539 g/mol. The number of primary amides is 1. The Bertz CT molecular complexity index is 942. The predicted molar refractivity (Wildman–Crippen MR) is 139 cm³/mol. The fourth-order valence-corrected chi connectivity index (χ4v) is 3.82. The molecule has 0 saturated carbocycles. The average Bonchev–Trinajstić information content (AvgIpc) is 2.83. The molecule has 0 aliphatic rings. The number of thioether (sulfide) groups is 1. The summed E-state index contributed by atoms with van der Waals surface area (Å²) in [5.74, 6) is -3.77. The third-order valence-electron chi connectivity index (χ3n) is 5.52. The molecule has 4 atom stereocenters. The van der Waals surface area contributed by atoms with Gasteiger partial charge >= 0.3 is 5.97 Å². The molecule has 37 heavy (non-hydrogen) atoms. The molecule has 0 saturated heterocycles. The van der Waals surface area contributed by atoms with Crippen molar-refractivity contribution >= 4 is 41.4 Å². The summed E-state index contributed by atoms with van der Waals surface area (Å²) in [6, 6.07) is 1.41. The summed E-state index contributed by atoms with van der Waals surface area (Å²) >= 11 is 1.51. The lowest BCUT2D eigenvalue weighted by molar-refractivity contribution is -0.142. The fourth-order valence-electron chi connectivity index (χ4n) is 3.33. The standard InChI is InChI=1S/C24H37N5O7S/c1-13(2)20(23(34)28-18(24(35)36)12-14-4-6-15(30)7-5-14)29-22(33)17(8-9-19(26)31)27-21(32)16(25)10-11-37-3/h4-7,13,16-18,20,30H,8-12,25H2,1-3H3,(H2,26,31)(H,27,32)(H,28,34)(H,29,33)(H,35,36). The van der Waals surface area contributed by atoms with Gasteiger partial charge < -0.3 is 37.6 Å². The minimum atomic E-state index is -1.30. The van der Waals surface area contributed by atoms with Gasteiger partial charge in [0.2, 0.25) is 23.6 Å². The Kier molecular flexibility index (Phi) is 13.5. The van der Waals surface area contributed by atoms with Gasteiger partial charge in [-0.3, -0.25) is 19.2 Å². The van der Waals surface area contributed by atoms with Crippen LogP contribution in [0.2, 0.25) is 0 Å². The number of aliphatic carboxylic acids is 1. The van der Waals surface area contributed by atoms with E-state index < -0.39 is 59.7 Å². The third-order valence-corrected chi connectivity index (χ3v) is 6.16. The maximum absolute atomic E-state index is 13.0. The number of carbonyl (C=O) groups is 5. The quantitative estimate of drug-likeness (QED) is 0.144. The van der Waals surface area contributed by atoms with Crippen molar-refractivity contribution < 1.29 is 34.2 Å². The van der Waals surface area contributed by atoms with Crippen LogP contribution in [0.1, 0.15) is 38.7 Å². The first kappa shape index (κ1) is 31.7. The van der Waals surface area contributed by atoms with E-state index in [2.05, 4.69) is 16.0 Å². The molecule has 4 amide bonds. The number of nitrogens with two attached hydrogens (primary N) is 2. The smallest absolute Gasteiger partial charge is 0.326 e. The van der Waals surface area contributed by atoms with E-state index in [1.165, 1.54) is 36.0 Å². The molecule has 0 heterocycles. The van der Waals surface area contributed by atoms with Crippen LogP contribution in [0.3, 0.4) is 0 Å². The topological polar surface area (TPSA) is 214 Å². The van der Waals surface area contributed by atoms with Crippen molar-refractivity contribution in [2.24, 2.45) is 17.4 Å². The second-order valence-corrected chi connectivity index (χ2v) is 9.94. The summed E-state index contributed by atoms with van der Waals surface area (Å²) < 4.78 is 0. The lowest BCUT2D eigenvalue weighted by Gasteiger charge is -2.27. The highest BCUT2D eigenvalue weighted by Crippen LogP contribution is 2.12. The van der Waals surface area contributed by atoms with Crippen molar-refractivity contribution in [3.63, 3.8) is 0 Å². The van der Waals surface area contributed by atoms with E-state index in [0.29, 0.717) is 17.7 Å². The highest BCUT2D eigenvalue weighted by Gasteiger charge is 2.32. The number of hydrogen-bond donors (Lipinski definition) is 7. The van der Waals surface area contributed by atoms with Gasteiger partial charge in [-0.2, -0.15) is 11.8 Å². The van der Waals surface area contributed by atoms with Gasteiger partial charge in [0.15, 0.2) is 0 Å². The zero-order valence-electron chi connectivity index (χ0n) is 21.2. The highest BCUT2D eigenvalue weighted by molar-refractivity contribution is 7.98. The SMILES string of the molecule is CSCCC(N)C(=O)NC(CCC(N)=O)C(=O)NC(C(=O)NC(Cc1ccc(O)cc1)C(=O)O)C(C)C. The molecular formula is C24H37N5O7S. The summed E-state index contributed by atoms with van der Waals surface area (Å²) in [5, 5.41) is 26.5. The number of phenols is 1. The molecule has 0 bridgehead atoms. The Morgan fingerprint density at radius 3 is 2.03 bits per heavy atom. The van der Waals surface area contributed by atoms with Gasteiger partial charge in [-0.15, -0.1) is 0 Å². The largest absolute Gasteiger partial charge is 0.508 e. The second kappa shape index (κ2) is 15.7. The molecule has 0 aromatic heterocycles. The van der Waals surface area contributed by atoms with Gasteiger partial charge in [-0.1, -0.05) is 26.0 Å². The third kappa shape index (κ3) is 11.5. The molecule has 13 heteroatoms. The van der Waals surface area contributed by atoms with Crippen molar-refractivity contribution in [2.45, 2.75) is 63.7 Å². The second-order valence-electron chi connectivity index (χ2n) is 8.95. The lowest BCUT2D eigenvalue weighted by atomic mass is 10.00. The van der Waals surface area contributed by atoms with E-state index in [4.69, 9.17) is 11.5 Å². The van der Waals surface area contributed by atoms with Crippen LogP contribution in [0.4, 0.5) is 0 Å². The van der Waals surface area contributed by atoms with E-state index in [1.54, 1.807) is 13.8 Å². The minimum absolute atomic E-state index is 0.0189. The van der Waals surface area contributed by atoms with Gasteiger partial charge in [0.25, 0.3) is 0 Å². The van der Waals surface area contributed by atoms with E-state index in [1.807, 2.05) is 6.26 Å². The number of carboxylic acid groups (broad SMARTS) is 1. The van der Waals surface area contributed by atoms with Crippen molar-refractivity contribution in [3.05, 3.63) is 29.8 Å². The van der Waals surface area contributed by atoms with E-state index in [0.717, 1.165) is 0 Å². The van der Waals surface area contributed by atoms with Crippen molar-refractivity contribution in [2.75, 3.05) is 12.0 Å². The molecule has 206 valence electrons. The van der Waals surface area contributed by atoms with Crippen molar-refractivity contribution in [3.8, 4) is 5.75 Å². The highest BCUT2D eigenvalue weighted by atomic mass is 32.2. The Hall–Kier alpha value is -3.32. The molecule has 0 radical (unpaired) electrons. The molecule has 0 spiro atoms. The maximum atomic E-state index is 13.0. The Labute approximate surface area is 220 Å². The lowest BCUT2D eigenvalue weighted by Crippen LogP contribution is -2.58. The molecule has 4 unspecified atom stereocenters. The Balaban J connectivity index is 2.97. The summed E-state index contributed by atoms with van der Waals surface area (Å²) in [6.07, 6.45) is 1.90. The summed E-state index contributed by atoms with van der Waals surface area (Å²) in [5.41, 5.74) is 11.7. The minimum Gasteiger partial charge on any atom is -0.508 e. The maximum Gasteiger partial charge on any atom is 0.326 e. The first-order valence-electron chi connectivity index (χ1n) is 11.8. The van der Waals surface area contributed by atoms with Crippen LogP contribution in [-0.4, -0.2) is 76.0 Å². The van der Waals surface area contributed by atoms with Gasteiger partial charge in [-0.05, 0) is 48.5 Å². The number of carboxylic acids is 1. The average molecular weight is 540 g/mol. The van der Waals surface area contributed by atoms with Crippen LogP contribution >= 0.6 is 11.8 Å². The number of nitrogens with one attached hydrogen (secondary N) is 3. The van der Waals surface area contributed by atoms with Crippen LogP contribution in [-0.2, 0) is 30.4 Å². The number of hydrogen-bond acceptors (Lipinski definition) is 8. The van der Waals surface area contributed by atoms with E-state index in [-0.39, 0.29) is 25.0 Å².